The van der Waals surface area contributed by atoms with Crippen molar-refractivity contribution in [2.45, 2.75) is 0 Å². The molecule has 0 unspecified atom stereocenters. The molecule has 4 nitrogen and oxygen atoms in total. The van der Waals surface area contributed by atoms with Crippen molar-refractivity contribution in [1.82, 2.24) is 0 Å². The number of anilines is 2. The van der Waals surface area contributed by atoms with Gasteiger partial charge in [0.2, 0.25) is 0 Å². The predicted molar refractivity (Wildman–Crippen MR) is 60.4 cm³/mol. The zero-order chi connectivity index (χ0) is 11.4. The quantitative estimate of drug-likeness (QED) is 0.333. The van der Waals surface area contributed by atoms with E-state index in [0.29, 0.717) is 16.6 Å². The molecule has 1 aliphatic carbocycles. The van der Waals surface area contributed by atoms with Gasteiger partial charge in [-0.2, -0.15) is 0 Å². The van der Waals surface area contributed by atoms with Crippen molar-refractivity contribution in [2.75, 3.05) is 11.5 Å². The first-order valence-corrected chi connectivity index (χ1v) is 4.84. The number of hydrogen-bond donors (Lipinski definition) is 4. The summed E-state index contributed by atoms with van der Waals surface area (Å²) < 4.78 is 0. The van der Waals surface area contributed by atoms with E-state index in [2.05, 4.69) is 0 Å². The van der Waals surface area contributed by atoms with Crippen LogP contribution in [0.1, 0.15) is 0 Å². The molecule has 4 heteroatoms. The van der Waals surface area contributed by atoms with Gasteiger partial charge in [0.1, 0.15) is 11.5 Å². The molecule has 0 fully saturated rings. The van der Waals surface area contributed by atoms with Crippen molar-refractivity contribution in [3.05, 3.63) is 45.1 Å². The van der Waals surface area contributed by atoms with Crippen LogP contribution < -0.4 is 11.5 Å². The maximum atomic E-state index is 9.81. The lowest BCUT2D eigenvalue weighted by molar-refractivity contribution is 0.471. The highest BCUT2D eigenvalue weighted by Gasteiger charge is 2.10. The normalized spacial score (nSPS) is 11.5. The Hall–Kier alpha value is -2.36. The number of rotatable bonds is 0. The number of nitrogens with two attached hydrogens (primary N) is 2. The van der Waals surface area contributed by atoms with Crippen molar-refractivity contribution < 1.29 is 10.2 Å². The van der Waals surface area contributed by atoms with Crippen LogP contribution in [0.2, 0.25) is 0 Å². The summed E-state index contributed by atoms with van der Waals surface area (Å²) in [7, 11) is 0. The minimum absolute atomic E-state index is 0.0197. The van der Waals surface area contributed by atoms with E-state index in [0.717, 1.165) is 15.7 Å². The number of phenols is 2. The zero-order valence-corrected chi connectivity index (χ0v) is 8.36. The molecule has 2 aromatic carbocycles. The van der Waals surface area contributed by atoms with Gasteiger partial charge in [0.15, 0.2) is 0 Å². The highest BCUT2D eigenvalue weighted by Crippen LogP contribution is 2.30. The highest BCUT2D eigenvalue weighted by atomic mass is 16.3. The van der Waals surface area contributed by atoms with E-state index in [1.807, 2.05) is 6.07 Å². The van der Waals surface area contributed by atoms with Crippen LogP contribution in [0.5, 0.6) is 11.5 Å². The Balaban J connectivity index is 2.61. The van der Waals surface area contributed by atoms with Crippen molar-refractivity contribution in [3.63, 3.8) is 0 Å². The molecule has 0 saturated carbocycles. The van der Waals surface area contributed by atoms with Crippen LogP contribution in [0.25, 0.3) is 0 Å². The highest BCUT2D eigenvalue weighted by molar-refractivity contribution is 5.59. The molecular formula is C12H10N2O2. The Morgan fingerprint density at radius 2 is 1.56 bits per heavy atom. The number of fused-ring (bicyclic) bond motifs is 2. The predicted octanol–water partition coefficient (Wildman–Crippen LogP) is 1.15. The fourth-order valence-corrected chi connectivity index (χ4v) is 2.08. The molecule has 0 aliphatic heterocycles. The van der Waals surface area contributed by atoms with Crippen LogP contribution in [-0.4, -0.2) is 10.2 Å². The molecule has 6 N–H and O–H groups in total. The lowest BCUT2D eigenvalue weighted by Crippen LogP contribution is -1.97. The standard InChI is InChI=1S/C12H10N2O2/c13-8-2-1-5-6-3-9(14)10(15)4-7(6)11(5)12(8)16/h1-4,15-16H,13-14H2. The third-order valence-electron chi connectivity index (χ3n) is 2.94. The van der Waals surface area contributed by atoms with Gasteiger partial charge in [-0.15, -0.1) is 0 Å². The molecule has 0 radical (unpaired) electrons. The monoisotopic (exact) mass is 214 g/mol. The first kappa shape index (κ1) is 8.91. The average Bonchev–Trinajstić information content (AvgIpc) is 2.25. The average molecular weight is 214 g/mol. The van der Waals surface area contributed by atoms with E-state index >= 15 is 0 Å². The second kappa shape index (κ2) is 2.61. The Morgan fingerprint density at radius 1 is 0.812 bits per heavy atom. The van der Waals surface area contributed by atoms with Crippen LogP contribution in [0.15, 0.2) is 24.3 Å². The molecule has 0 saturated heterocycles. The fourth-order valence-electron chi connectivity index (χ4n) is 2.08. The van der Waals surface area contributed by atoms with Crippen LogP contribution >= 0.6 is 0 Å². The van der Waals surface area contributed by atoms with Gasteiger partial charge in [0.25, 0.3) is 0 Å². The van der Waals surface area contributed by atoms with Gasteiger partial charge >= 0.3 is 0 Å². The number of nitrogen functional groups attached to an aromatic ring is 2. The molecule has 3 rings (SSSR count). The third-order valence-corrected chi connectivity index (χ3v) is 2.94. The molecule has 0 atom stereocenters. The number of aromatic hydroxyl groups is 2. The Morgan fingerprint density at radius 3 is 2.31 bits per heavy atom. The van der Waals surface area contributed by atoms with Gasteiger partial charge in [-0.05, 0) is 33.9 Å². The SMILES string of the molecule is Nc1cc2c(cc1O)=c1c(O)c(N)ccc1=2. The van der Waals surface area contributed by atoms with Gasteiger partial charge in [0.05, 0.1) is 11.4 Å². The molecule has 80 valence electrons. The van der Waals surface area contributed by atoms with Crippen LogP contribution in [-0.2, 0) is 0 Å². The van der Waals surface area contributed by atoms with E-state index in [1.54, 1.807) is 18.2 Å². The Kier molecular flexibility index (Phi) is 1.45. The topological polar surface area (TPSA) is 92.5 Å². The van der Waals surface area contributed by atoms with Crippen molar-refractivity contribution in [2.24, 2.45) is 0 Å². The smallest absolute Gasteiger partial charge is 0.146 e. The minimum atomic E-state index is 0.0197. The number of phenolic OH excluding ortho intramolecular Hbond substituents is 2. The molecular weight excluding hydrogens is 204 g/mol. The van der Waals surface area contributed by atoms with Crippen LogP contribution in [0.3, 0.4) is 0 Å². The largest absolute Gasteiger partial charge is 0.506 e. The molecule has 1 aliphatic rings. The zero-order valence-electron chi connectivity index (χ0n) is 8.36. The third kappa shape index (κ3) is 0.883. The maximum absolute atomic E-state index is 9.81. The molecule has 0 amide bonds. The van der Waals surface area contributed by atoms with Gasteiger partial charge < -0.3 is 21.7 Å². The van der Waals surface area contributed by atoms with E-state index in [4.69, 9.17) is 11.5 Å². The Labute approximate surface area is 90.4 Å². The summed E-state index contributed by atoms with van der Waals surface area (Å²) in [6.07, 6.45) is 0. The van der Waals surface area contributed by atoms with E-state index in [9.17, 15) is 10.2 Å². The summed E-state index contributed by atoms with van der Waals surface area (Å²) >= 11 is 0. The van der Waals surface area contributed by atoms with Crippen LogP contribution in [0.4, 0.5) is 11.4 Å². The van der Waals surface area contributed by atoms with Gasteiger partial charge in [-0.1, -0.05) is 6.07 Å². The van der Waals surface area contributed by atoms with Crippen LogP contribution in [0, 0.1) is 20.9 Å². The molecule has 0 spiro atoms. The van der Waals surface area contributed by atoms with Crippen molar-refractivity contribution in [1.29, 1.82) is 0 Å². The lowest BCUT2D eigenvalue weighted by atomic mass is 9.99. The number of benzene rings is 2. The van der Waals surface area contributed by atoms with Crippen molar-refractivity contribution in [3.8, 4) is 11.5 Å². The first-order valence-electron chi connectivity index (χ1n) is 4.84. The lowest BCUT2D eigenvalue weighted by Gasteiger charge is -2.09. The van der Waals surface area contributed by atoms with Gasteiger partial charge in [0, 0.05) is 5.22 Å². The summed E-state index contributed by atoms with van der Waals surface area (Å²) in [6, 6.07) is 6.73. The van der Waals surface area contributed by atoms with E-state index in [1.165, 1.54) is 0 Å². The minimum Gasteiger partial charge on any atom is -0.506 e. The molecule has 2 aromatic rings. The number of hydrogen-bond acceptors (Lipinski definition) is 4. The second-order valence-corrected chi connectivity index (χ2v) is 3.88. The Bertz CT molecular complexity index is 797. The fraction of sp³-hybridized carbons (Fsp3) is 0. The summed E-state index contributed by atoms with van der Waals surface area (Å²) in [6.45, 7) is 0. The molecule has 0 heterocycles. The first-order chi connectivity index (χ1) is 7.59. The second-order valence-electron chi connectivity index (χ2n) is 3.88. The summed E-state index contributed by atoms with van der Waals surface area (Å²) in [5.41, 5.74) is 11.9. The van der Waals surface area contributed by atoms with E-state index in [-0.39, 0.29) is 11.5 Å². The summed E-state index contributed by atoms with van der Waals surface area (Å²) in [5.74, 6) is 0.0837. The van der Waals surface area contributed by atoms with E-state index < -0.39 is 0 Å². The summed E-state index contributed by atoms with van der Waals surface area (Å²) in [5, 5.41) is 22.6. The van der Waals surface area contributed by atoms with Gasteiger partial charge in [-0.3, -0.25) is 0 Å². The molecule has 0 bridgehead atoms. The molecule has 0 aromatic heterocycles. The summed E-state index contributed by atoms with van der Waals surface area (Å²) in [4.78, 5) is 0. The van der Waals surface area contributed by atoms with Gasteiger partial charge in [-0.25, -0.2) is 0 Å². The maximum Gasteiger partial charge on any atom is 0.146 e. The molecule has 16 heavy (non-hydrogen) atoms. The van der Waals surface area contributed by atoms with Crippen molar-refractivity contribution >= 4 is 11.4 Å².